The molecule has 1 aliphatic carbocycles. The minimum Gasteiger partial charge on any atom is -0.355 e. The number of amides is 1. The van der Waals surface area contributed by atoms with Gasteiger partial charge in [-0.05, 0) is 30.6 Å². The Kier molecular flexibility index (Phi) is 5.44. The van der Waals surface area contributed by atoms with E-state index in [0.717, 1.165) is 32.0 Å². The minimum atomic E-state index is 0. The Hall–Kier alpha value is -0.320. The molecule has 1 heterocycles. The van der Waals surface area contributed by atoms with Gasteiger partial charge in [0.05, 0.1) is 6.54 Å². The number of carbonyl (C=O) groups excluding carboxylic acids is 1. The zero-order chi connectivity index (χ0) is 12.5. The van der Waals surface area contributed by atoms with E-state index < -0.39 is 0 Å². The number of nitrogens with two attached hydrogens (primary N) is 1. The van der Waals surface area contributed by atoms with Crippen molar-refractivity contribution >= 4 is 18.3 Å². The van der Waals surface area contributed by atoms with Crippen molar-refractivity contribution in [3.8, 4) is 0 Å². The van der Waals surface area contributed by atoms with Crippen LogP contribution in [0.1, 0.15) is 33.1 Å². The maximum Gasteiger partial charge on any atom is 0.234 e. The molecule has 106 valence electrons. The molecule has 18 heavy (non-hydrogen) atoms. The van der Waals surface area contributed by atoms with E-state index in [-0.39, 0.29) is 29.8 Å². The summed E-state index contributed by atoms with van der Waals surface area (Å²) in [5.74, 6) is 0.924. The van der Waals surface area contributed by atoms with Gasteiger partial charge in [-0.1, -0.05) is 13.8 Å². The molecule has 0 spiro atoms. The molecule has 1 aliphatic heterocycles. The van der Waals surface area contributed by atoms with Gasteiger partial charge in [-0.25, -0.2) is 0 Å². The van der Waals surface area contributed by atoms with Gasteiger partial charge in [0.15, 0.2) is 0 Å². The summed E-state index contributed by atoms with van der Waals surface area (Å²) >= 11 is 0. The van der Waals surface area contributed by atoms with Gasteiger partial charge in [-0.2, -0.15) is 0 Å². The van der Waals surface area contributed by atoms with Crippen LogP contribution in [0.5, 0.6) is 0 Å². The van der Waals surface area contributed by atoms with E-state index in [4.69, 9.17) is 5.73 Å². The van der Waals surface area contributed by atoms with E-state index in [2.05, 4.69) is 24.1 Å². The molecule has 5 heteroatoms. The van der Waals surface area contributed by atoms with Gasteiger partial charge in [0.2, 0.25) is 5.91 Å². The Labute approximate surface area is 116 Å². The number of piperidine rings is 1. The fourth-order valence-corrected chi connectivity index (χ4v) is 2.46. The number of halogens is 1. The van der Waals surface area contributed by atoms with Crippen LogP contribution in [-0.4, -0.2) is 43.0 Å². The molecular weight excluding hydrogens is 250 g/mol. The molecule has 0 bridgehead atoms. The van der Waals surface area contributed by atoms with Crippen molar-refractivity contribution in [2.45, 2.75) is 39.2 Å². The molecule has 3 N–H and O–H groups in total. The Bertz CT molecular complexity index is 292. The maximum absolute atomic E-state index is 11.8. The number of nitrogens with one attached hydrogen (secondary N) is 1. The third-order valence-corrected chi connectivity index (χ3v) is 4.04. The highest BCUT2D eigenvalue weighted by Gasteiger charge is 2.34. The Morgan fingerprint density at radius 3 is 2.61 bits per heavy atom. The zero-order valence-corrected chi connectivity index (χ0v) is 12.3. The van der Waals surface area contributed by atoms with Gasteiger partial charge < -0.3 is 11.1 Å². The number of likely N-dealkylation sites (tertiary alicyclic amines) is 1. The smallest absolute Gasteiger partial charge is 0.234 e. The molecule has 4 nitrogen and oxygen atoms in total. The second-order valence-electron chi connectivity index (χ2n) is 6.34. The molecule has 2 fully saturated rings. The SMILES string of the molecule is CC1(C)CN(CC(=O)NCC2CC2)CCC1N.Cl. The van der Waals surface area contributed by atoms with Crippen molar-refractivity contribution in [3.05, 3.63) is 0 Å². The van der Waals surface area contributed by atoms with E-state index in [1.807, 2.05) is 0 Å². The second kappa shape index (κ2) is 6.22. The molecule has 1 atom stereocenters. The van der Waals surface area contributed by atoms with Crippen molar-refractivity contribution in [1.82, 2.24) is 10.2 Å². The molecule has 0 aromatic heterocycles. The fourth-order valence-electron chi connectivity index (χ4n) is 2.46. The lowest BCUT2D eigenvalue weighted by Gasteiger charge is -2.42. The standard InChI is InChI=1S/C13H25N3O.ClH/c1-13(2)9-16(6-5-11(13)14)8-12(17)15-7-10-3-4-10;/h10-11H,3-9,14H2,1-2H3,(H,15,17);1H. The highest BCUT2D eigenvalue weighted by molar-refractivity contribution is 5.85. The average Bonchev–Trinajstić information content (AvgIpc) is 3.04. The first-order valence-corrected chi connectivity index (χ1v) is 6.72. The van der Waals surface area contributed by atoms with Crippen LogP contribution in [0, 0.1) is 11.3 Å². The third-order valence-electron chi connectivity index (χ3n) is 4.04. The van der Waals surface area contributed by atoms with Crippen LogP contribution >= 0.6 is 12.4 Å². The number of carbonyl (C=O) groups is 1. The van der Waals surface area contributed by atoms with E-state index in [9.17, 15) is 4.79 Å². The molecule has 1 saturated heterocycles. The summed E-state index contributed by atoms with van der Waals surface area (Å²) in [5.41, 5.74) is 6.21. The van der Waals surface area contributed by atoms with E-state index in [0.29, 0.717) is 6.54 Å². The maximum atomic E-state index is 11.8. The Morgan fingerprint density at radius 2 is 2.06 bits per heavy atom. The third kappa shape index (κ3) is 4.41. The summed E-state index contributed by atoms with van der Waals surface area (Å²) < 4.78 is 0. The summed E-state index contributed by atoms with van der Waals surface area (Å²) in [5, 5.41) is 3.02. The van der Waals surface area contributed by atoms with Crippen molar-refractivity contribution in [3.63, 3.8) is 0 Å². The monoisotopic (exact) mass is 275 g/mol. The largest absolute Gasteiger partial charge is 0.355 e. The van der Waals surface area contributed by atoms with Crippen molar-refractivity contribution in [2.75, 3.05) is 26.2 Å². The summed E-state index contributed by atoms with van der Waals surface area (Å²) in [6.07, 6.45) is 3.56. The lowest BCUT2D eigenvalue weighted by atomic mass is 9.80. The summed E-state index contributed by atoms with van der Waals surface area (Å²) in [6.45, 7) is 7.64. The van der Waals surface area contributed by atoms with Crippen LogP contribution in [0.25, 0.3) is 0 Å². The molecule has 1 saturated carbocycles. The summed E-state index contributed by atoms with van der Waals surface area (Å²) in [7, 11) is 0. The molecule has 2 aliphatic rings. The van der Waals surface area contributed by atoms with Crippen molar-refractivity contribution < 1.29 is 4.79 Å². The highest BCUT2D eigenvalue weighted by atomic mass is 35.5. The lowest BCUT2D eigenvalue weighted by molar-refractivity contribution is -0.123. The van der Waals surface area contributed by atoms with Crippen molar-refractivity contribution in [1.29, 1.82) is 0 Å². The number of hydrogen-bond acceptors (Lipinski definition) is 3. The van der Waals surface area contributed by atoms with Gasteiger partial charge in [0, 0.05) is 25.7 Å². The Balaban J connectivity index is 0.00000162. The number of rotatable bonds is 4. The molecule has 0 aromatic carbocycles. The summed E-state index contributed by atoms with van der Waals surface area (Å²) in [4.78, 5) is 14.0. The van der Waals surface area contributed by atoms with Gasteiger partial charge in [-0.3, -0.25) is 9.69 Å². The zero-order valence-electron chi connectivity index (χ0n) is 11.4. The van der Waals surface area contributed by atoms with Gasteiger partial charge in [-0.15, -0.1) is 12.4 Å². The predicted molar refractivity (Wildman–Crippen MR) is 75.8 cm³/mol. The van der Waals surface area contributed by atoms with E-state index in [1.54, 1.807) is 0 Å². The molecule has 1 unspecified atom stereocenters. The van der Waals surface area contributed by atoms with E-state index >= 15 is 0 Å². The molecule has 0 aromatic rings. The van der Waals surface area contributed by atoms with Crippen LogP contribution in [0.2, 0.25) is 0 Å². The second-order valence-corrected chi connectivity index (χ2v) is 6.34. The first-order valence-electron chi connectivity index (χ1n) is 6.72. The molecular formula is C13H26ClN3O. The highest BCUT2D eigenvalue weighted by Crippen LogP contribution is 2.28. The first-order chi connectivity index (χ1) is 7.97. The van der Waals surface area contributed by atoms with Gasteiger partial charge >= 0.3 is 0 Å². The molecule has 1 amide bonds. The van der Waals surface area contributed by atoms with Crippen molar-refractivity contribution in [2.24, 2.45) is 17.1 Å². The predicted octanol–water partition coefficient (Wildman–Crippen LogP) is 0.994. The van der Waals surface area contributed by atoms with Crippen LogP contribution in [0.4, 0.5) is 0 Å². The van der Waals surface area contributed by atoms with Crippen LogP contribution < -0.4 is 11.1 Å². The number of hydrogen-bond donors (Lipinski definition) is 2. The lowest BCUT2D eigenvalue weighted by Crippen LogP contribution is -2.54. The topological polar surface area (TPSA) is 58.4 Å². The fraction of sp³-hybridized carbons (Fsp3) is 0.923. The van der Waals surface area contributed by atoms with Crippen LogP contribution in [-0.2, 0) is 4.79 Å². The summed E-state index contributed by atoms with van der Waals surface area (Å²) in [6, 6.07) is 0.258. The van der Waals surface area contributed by atoms with E-state index in [1.165, 1.54) is 12.8 Å². The minimum absolute atomic E-state index is 0. The molecule has 2 rings (SSSR count). The van der Waals surface area contributed by atoms with Crippen LogP contribution in [0.15, 0.2) is 0 Å². The normalized spacial score (nSPS) is 27.4. The molecule has 0 radical (unpaired) electrons. The quantitative estimate of drug-likeness (QED) is 0.805. The van der Waals surface area contributed by atoms with Gasteiger partial charge in [0.25, 0.3) is 0 Å². The first kappa shape index (κ1) is 15.7. The number of nitrogens with zero attached hydrogens (tertiary/aromatic N) is 1. The average molecular weight is 276 g/mol. The van der Waals surface area contributed by atoms with Crippen LogP contribution in [0.3, 0.4) is 0 Å². The van der Waals surface area contributed by atoms with Gasteiger partial charge in [0.1, 0.15) is 0 Å². The Morgan fingerprint density at radius 1 is 1.39 bits per heavy atom.